The van der Waals surface area contributed by atoms with E-state index >= 15 is 0 Å². The number of nitrogen functional groups attached to an aromatic ring is 1. The van der Waals surface area contributed by atoms with E-state index in [2.05, 4.69) is 34.1 Å². The van der Waals surface area contributed by atoms with Gasteiger partial charge in [-0.25, -0.2) is 4.98 Å². The predicted molar refractivity (Wildman–Crippen MR) is 65.9 cm³/mol. The molecule has 4 heteroatoms. The van der Waals surface area contributed by atoms with Crippen molar-refractivity contribution < 1.29 is 0 Å². The number of hydrogen-bond acceptors (Lipinski definition) is 4. The van der Waals surface area contributed by atoms with Crippen LogP contribution in [0.3, 0.4) is 0 Å². The minimum Gasteiger partial charge on any atom is -0.383 e. The molecule has 82 valence electrons. The Bertz CT molecular complexity index is 481. The molecule has 0 amide bonds. The van der Waals surface area contributed by atoms with Crippen molar-refractivity contribution in [3.05, 3.63) is 45.8 Å². The van der Waals surface area contributed by atoms with Gasteiger partial charge in [0.25, 0.3) is 0 Å². The summed E-state index contributed by atoms with van der Waals surface area (Å²) in [4.78, 5) is 7.65. The molecule has 1 aliphatic heterocycles. The van der Waals surface area contributed by atoms with Gasteiger partial charge in [0.15, 0.2) is 0 Å². The molecular formula is C12H13N3S. The van der Waals surface area contributed by atoms with Crippen molar-refractivity contribution in [2.24, 2.45) is 0 Å². The van der Waals surface area contributed by atoms with Crippen molar-refractivity contribution in [3.63, 3.8) is 0 Å². The maximum atomic E-state index is 5.80. The summed E-state index contributed by atoms with van der Waals surface area (Å²) in [6.45, 7) is 2.95. The molecule has 0 radical (unpaired) electrons. The van der Waals surface area contributed by atoms with Gasteiger partial charge in [0.05, 0.1) is 10.4 Å². The van der Waals surface area contributed by atoms with E-state index in [9.17, 15) is 0 Å². The van der Waals surface area contributed by atoms with E-state index in [-0.39, 0.29) is 0 Å². The predicted octanol–water partition coefficient (Wildman–Crippen LogP) is 2.24. The number of nitrogens with two attached hydrogens (primary N) is 1. The molecule has 0 saturated heterocycles. The largest absolute Gasteiger partial charge is 0.383 e. The summed E-state index contributed by atoms with van der Waals surface area (Å²) in [6.07, 6.45) is 0. The SMILES string of the molecule is Nc1ncsc1CN1Cc2ccccc2C1. The zero-order valence-electron chi connectivity index (χ0n) is 8.89. The lowest BCUT2D eigenvalue weighted by atomic mass is 10.1. The van der Waals surface area contributed by atoms with Crippen molar-refractivity contribution in [1.82, 2.24) is 9.88 Å². The van der Waals surface area contributed by atoms with Gasteiger partial charge in [-0.15, -0.1) is 11.3 Å². The molecule has 2 heterocycles. The van der Waals surface area contributed by atoms with Crippen LogP contribution < -0.4 is 5.73 Å². The second kappa shape index (κ2) is 3.88. The fourth-order valence-corrected chi connectivity index (χ4v) is 2.84. The Labute approximate surface area is 98.5 Å². The maximum Gasteiger partial charge on any atom is 0.138 e. The van der Waals surface area contributed by atoms with Gasteiger partial charge in [0.1, 0.15) is 5.82 Å². The van der Waals surface area contributed by atoms with Gasteiger partial charge in [-0.2, -0.15) is 0 Å². The Morgan fingerprint density at radius 1 is 1.25 bits per heavy atom. The Morgan fingerprint density at radius 3 is 2.50 bits per heavy atom. The van der Waals surface area contributed by atoms with Crippen LogP contribution in [0.1, 0.15) is 16.0 Å². The van der Waals surface area contributed by atoms with E-state index < -0.39 is 0 Å². The first-order valence-electron chi connectivity index (χ1n) is 5.30. The fourth-order valence-electron chi connectivity index (χ4n) is 2.12. The average molecular weight is 231 g/mol. The molecule has 1 aromatic carbocycles. The van der Waals surface area contributed by atoms with Gasteiger partial charge < -0.3 is 5.73 Å². The first-order chi connectivity index (χ1) is 7.83. The molecule has 0 unspecified atom stereocenters. The van der Waals surface area contributed by atoms with Crippen LogP contribution in [0.15, 0.2) is 29.8 Å². The second-order valence-corrected chi connectivity index (χ2v) is 5.01. The topological polar surface area (TPSA) is 42.1 Å². The number of fused-ring (bicyclic) bond motifs is 1. The van der Waals surface area contributed by atoms with Crippen LogP contribution in [-0.2, 0) is 19.6 Å². The van der Waals surface area contributed by atoms with Crippen molar-refractivity contribution >= 4 is 17.2 Å². The van der Waals surface area contributed by atoms with E-state index in [1.54, 1.807) is 11.3 Å². The lowest BCUT2D eigenvalue weighted by molar-refractivity contribution is 0.278. The third-order valence-electron chi connectivity index (χ3n) is 2.95. The molecule has 1 aromatic heterocycles. The summed E-state index contributed by atoms with van der Waals surface area (Å²) in [5.74, 6) is 0.681. The molecule has 0 saturated carbocycles. The minimum atomic E-state index is 0.681. The highest BCUT2D eigenvalue weighted by atomic mass is 32.1. The lowest BCUT2D eigenvalue weighted by Crippen LogP contribution is -2.15. The lowest BCUT2D eigenvalue weighted by Gasteiger charge is -2.13. The maximum absolute atomic E-state index is 5.80. The van der Waals surface area contributed by atoms with Crippen molar-refractivity contribution in [2.45, 2.75) is 19.6 Å². The van der Waals surface area contributed by atoms with Gasteiger partial charge in [-0.05, 0) is 11.1 Å². The van der Waals surface area contributed by atoms with Gasteiger partial charge in [0.2, 0.25) is 0 Å². The number of nitrogens with zero attached hydrogens (tertiary/aromatic N) is 2. The van der Waals surface area contributed by atoms with E-state index in [4.69, 9.17) is 5.73 Å². The fraction of sp³-hybridized carbons (Fsp3) is 0.250. The van der Waals surface area contributed by atoms with E-state index in [1.807, 2.05) is 5.51 Å². The summed E-state index contributed by atoms with van der Waals surface area (Å²) < 4.78 is 0. The summed E-state index contributed by atoms with van der Waals surface area (Å²) in [5.41, 5.74) is 10.5. The quantitative estimate of drug-likeness (QED) is 0.862. The molecule has 0 bridgehead atoms. The third kappa shape index (κ3) is 1.70. The second-order valence-electron chi connectivity index (χ2n) is 4.07. The molecular weight excluding hydrogens is 218 g/mol. The number of aromatic nitrogens is 1. The standard InChI is InChI=1S/C12H13N3S/c13-12-11(16-8-14-12)7-15-5-9-3-1-2-4-10(9)6-15/h1-4,8H,5-7,13H2. The Balaban J connectivity index is 1.75. The van der Waals surface area contributed by atoms with Crippen LogP contribution in [-0.4, -0.2) is 9.88 Å². The number of hydrogen-bond donors (Lipinski definition) is 1. The average Bonchev–Trinajstić information content (AvgIpc) is 2.85. The first kappa shape index (κ1) is 9.81. The molecule has 0 atom stereocenters. The van der Waals surface area contributed by atoms with Gasteiger partial charge in [-0.3, -0.25) is 4.90 Å². The first-order valence-corrected chi connectivity index (χ1v) is 6.18. The highest BCUT2D eigenvalue weighted by molar-refractivity contribution is 7.10. The van der Waals surface area contributed by atoms with Crippen LogP contribution in [0.2, 0.25) is 0 Å². The van der Waals surface area contributed by atoms with Gasteiger partial charge in [-0.1, -0.05) is 24.3 Å². The molecule has 3 rings (SSSR count). The number of rotatable bonds is 2. The highest BCUT2D eigenvalue weighted by Crippen LogP contribution is 2.26. The van der Waals surface area contributed by atoms with Crippen molar-refractivity contribution in [1.29, 1.82) is 0 Å². The van der Waals surface area contributed by atoms with E-state index in [0.717, 1.165) is 19.6 Å². The van der Waals surface area contributed by atoms with Gasteiger partial charge in [0, 0.05) is 19.6 Å². The summed E-state index contributed by atoms with van der Waals surface area (Å²) in [6, 6.07) is 8.60. The van der Waals surface area contributed by atoms with Crippen LogP contribution >= 0.6 is 11.3 Å². The van der Waals surface area contributed by atoms with Gasteiger partial charge >= 0.3 is 0 Å². The van der Waals surface area contributed by atoms with Crippen LogP contribution in [0.25, 0.3) is 0 Å². The normalized spacial score (nSPS) is 15.2. The highest BCUT2D eigenvalue weighted by Gasteiger charge is 2.19. The van der Waals surface area contributed by atoms with Crippen molar-refractivity contribution in [2.75, 3.05) is 5.73 Å². The molecule has 16 heavy (non-hydrogen) atoms. The number of anilines is 1. The van der Waals surface area contributed by atoms with Crippen LogP contribution in [0.4, 0.5) is 5.82 Å². The molecule has 0 aliphatic carbocycles. The Morgan fingerprint density at radius 2 is 1.94 bits per heavy atom. The molecule has 2 aromatic rings. The zero-order valence-corrected chi connectivity index (χ0v) is 9.70. The monoisotopic (exact) mass is 231 g/mol. The molecule has 0 fully saturated rings. The zero-order chi connectivity index (χ0) is 11.0. The van der Waals surface area contributed by atoms with Crippen LogP contribution in [0, 0.1) is 0 Å². The third-order valence-corrected chi connectivity index (χ3v) is 3.78. The number of benzene rings is 1. The molecule has 0 spiro atoms. The Hall–Kier alpha value is -1.39. The minimum absolute atomic E-state index is 0.681. The molecule has 3 nitrogen and oxygen atoms in total. The van der Waals surface area contributed by atoms with E-state index in [1.165, 1.54) is 16.0 Å². The summed E-state index contributed by atoms with van der Waals surface area (Å²) in [5, 5.41) is 0. The number of thiazole rings is 1. The smallest absolute Gasteiger partial charge is 0.138 e. The molecule has 2 N–H and O–H groups in total. The summed E-state index contributed by atoms with van der Waals surface area (Å²) >= 11 is 1.64. The van der Waals surface area contributed by atoms with E-state index in [0.29, 0.717) is 5.82 Å². The summed E-state index contributed by atoms with van der Waals surface area (Å²) in [7, 11) is 0. The molecule has 1 aliphatic rings. The Kier molecular flexibility index (Phi) is 2.38. The van der Waals surface area contributed by atoms with Crippen LogP contribution in [0.5, 0.6) is 0 Å². The van der Waals surface area contributed by atoms with Crippen molar-refractivity contribution in [3.8, 4) is 0 Å².